The van der Waals surface area contributed by atoms with Crippen molar-refractivity contribution < 1.29 is 23.5 Å². The summed E-state index contributed by atoms with van der Waals surface area (Å²) in [5.74, 6) is 2.21. The van der Waals surface area contributed by atoms with E-state index in [2.05, 4.69) is 10.1 Å². The number of methoxy groups -OCH3 is 3. The molecule has 0 N–H and O–H groups in total. The van der Waals surface area contributed by atoms with Crippen LogP contribution in [0.4, 0.5) is 5.69 Å². The molecule has 1 aliphatic heterocycles. The van der Waals surface area contributed by atoms with Gasteiger partial charge in [0.2, 0.25) is 23.4 Å². The SMILES string of the molecule is COc1cc(N2CC(c3nc(-c4ccccc4C)no3)CC2=O)cc(OC)c1OC. The van der Waals surface area contributed by atoms with Crippen LogP contribution in [0.15, 0.2) is 40.9 Å². The van der Waals surface area contributed by atoms with Gasteiger partial charge in [-0.25, -0.2) is 0 Å². The van der Waals surface area contributed by atoms with Crippen LogP contribution in [0.5, 0.6) is 17.2 Å². The highest BCUT2D eigenvalue weighted by Gasteiger charge is 2.36. The molecular weight excluding hydrogens is 386 g/mol. The average Bonchev–Trinajstić information content (AvgIpc) is 3.40. The predicted octanol–water partition coefficient (Wildman–Crippen LogP) is 3.59. The highest BCUT2D eigenvalue weighted by atomic mass is 16.5. The molecule has 2 heterocycles. The molecule has 1 aliphatic rings. The summed E-state index contributed by atoms with van der Waals surface area (Å²) in [4.78, 5) is 19.0. The van der Waals surface area contributed by atoms with Crippen LogP contribution in [0.1, 0.15) is 23.8 Å². The Morgan fingerprint density at radius 1 is 1.07 bits per heavy atom. The molecule has 1 saturated heterocycles. The molecule has 1 fully saturated rings. The monoisotopic (exact) mass is 409 g/mol. The number of benzene rings is 2. The summed E-state index contributed by atoms with van der Waals surface area (Å²) >= 11 is 0. The zero-order valence-corrected chi connectivity index (χ0v) is 17.3. The fourth-order valence-corrected chi connectivity index (χ4v) is 3.68. The lowest BCUT2D eigenvalue weighted by Gasteiger charge is -2.20. The van der Waals surface area contributed by atoms with Gasteiger partial charge in [-0.15, -0.1) is 0 Å². The van der Waals surface area contributed by atoms with Crippen molar-refractivity contribution in [2.45, 2.75) is 19.3 Å². The molecule has 2 aromatic carbocycles. The Morgan fingerprint density at radius 3 is 2.40 bits per heavy atom. The van der Waals surface area contributed by atoms with Crippen LogP contribution in [-0.2, 0) is 4.79 Å². The number of ether oxygens (including phenoxy) is 3. The average molecular weight is 409 g/mol. The summed E-state index contributed by atoms with van der Waals surface area (Å²) in [6, 6.07) is 11.4. The number of hydrogen-bond acceptors (Lipinski definition) is 7. The maximum Gasteiger partial charge on any atom is 0.232 e. The van der Waals surface area contributed by atoms with Gasteiger partial charge in [-0.3, -0.25) is 4.79 Å². The topological polar surface area (TPSA) is 86.9 Å². The second-order valence-electron chi connectivity index (χ2n) is 7.06. The first-order valence-electron chi connectivity index (χ1n) is 9.55. The number of hydrogen-bond donors (Lipinski definition) is 0. The number of anilines is 1. The van der Waals surface area contributed by atoms with Gasteiger partial charge in [-0.1, -0.05) is 29.4 Å². The molecule has 156 valence electrons. The molecule has 3 aromatic rings. The highest BCUT2D eigenvalue weighted by molar-refractivity contribution is 5.97. The number of amides is 1. The van der Waals surface area contributed by atoms with E-state index in [9.17, 15) is 4.79 Å². The van der Waals surface area contributed by atoms with Crippen LogP contribution < -0.4 is 19.1 Å². The van der Waals surface area contributed by atoms with Crippen molar-refractivity contribution in [3.8, 4) is 28.6 Å². The van der Waals surface area contributed by atoms with E-state index in [4.69, 9.17) is 18.7 Å². The van der Waals surface area contributed by atoms with Crippen LogP contribution in [0.3, 0.4) is 0 Å². The molecule has 0 saturated carbocycles. The van der Waals surface area contributed by atoms with Gasteiger partial charge >= 0.3 is 0 Å². The van der Waals surface area contributed by atoms with Gasteiger partial charge in [0.05, 0.1) is 32.9 Å². The third-order valence-corrected chi connectivity index (χ3v) is 5.26. The first kappa shape index (κ1) is 19.8. The van der Waals surface area contributed by atoms with E-state index in [1.54, 1.807) is 38.4 Å². The fraction of sp³-hybridized carbons (Fsp3) is 0.318. The van der Waals surface area contributed by atoms with Gasteiger partial charge in [0.25, 0.3) is 0 Å². The van der Waals surface area contributed by atoms with E-state index in [0.717, 1.165) is 11.1 Å². The predicted molar refractivity (Wildman–Crippen MR) is 110 cm³/mol. The Labute approximate surface area is 174 Å². The van der Waals surface area contributed by atoms with E-state index < -0.39 is 0 Å². The van der Waals surface area contributed by atoms with Gasteiger partial charge in [0, 0.05) is 30.7 Å². The molecule has 0 spiro atoms. The lowest BCUT2D eigenvalue weighted by atomic mass is 10.1. The molecule has 1 unspecified atom stereocenters. The number of carbonyl (C=O) groups excluding carboxylic acids is 1. The maximum absolute atomic E-state index is 12.8. The number of aromatic nitrogens is 2. The fourth-order valence-electron chi connectivity index (χ4n) is 3.68. The van der Waals surface area contributed by atoms with Crippen molar-refractivity contribution in [3.63, 3.8) is 0 Å². The summed E-state index contributed by atoms with van der Waals surface area (Å²) in [5, 5.41) is 4.12. The highest BCUT2D eigenvalue weighted by Crippen LogP contribution is 2.43. The Morgan fingerprint density at radius 2 is 1.77 bits per heavy atom. The van der Waals surface area contributed by atoms with Crippen LogP contribution in [-0.4, -0.2) is 43.9 Å². The minimum absolute atomic E-state index is 0.0371. The lowest BCUT2D eigenvalue weighted by molar-refractivity contribution is -0.117. The Bertz CT molecular complexity index is 1050. The normalized spacial score (nSPS) is 16.1. The van der Waals surface area contributed by atoms with Gasteiger partial charge in [-0.2, -0.15) is 4.98 Å². The van der Waals surface area contributed by atoms with Gasteiger partial charge < -0.3 is 23.6 Å². The molecule has 30 heavy (non-hydrogen) atoms. The Kier molecular flexibility index (Phi) is 5.31. The number of rotatable bonds is 6. The molecule has 1 aromatic heterocycles. The number of carbonyl (C=O) groups is 1. The summed E-state index contributed by atoms with van der Waals surface area (Å²) in [7, 11) is 4.63. The molecule has 1 atom stereocenters. The zero-order chi connectivity index (χ0) is 21.3. The molecular formula is C22H23N3O5. The van der Waals surface area contributed by atoms with E-state index >= 15 is 0 Å². The van der Waals surface area contributed by atoms with Crippen molar-refractivity contribution in [2.75, 3.05) is 32.8 Å². The largest absolute Gasteiger partial charge is 0.493 e. The lowest BCUT2D eigenvalue weighted by Crippen LogP contribution is -2.24. The van der Waals surface area contributed by atoms with Crippen LogP contribution >= 0.6 is 0 Å². The van der Waals surface area contributed by atoms with Crippen molar-refractivity contribution in [1.82, 2.24) is 10.1 Å². The van der Waals surface area contributed by atoms with E-state index in [0.29, 0.717) is 41.2 Å². The van der Waals surface area contributed by atoms with Gasteiger partial charge in [-0.05, 0) is 12.5 Å². The summed E-state index contributed by atoms with van der Waals surface area (Å²) < 4.78 is 21.7. The summed E-state index contributed by atoms with van der Waals surface area (Å²) in [6.07, 6.45) is 0.284. The molecule has 4 rings (SSSR count). The third-order valence-electron chi connectivity index (χ3n) is 5.26. The number of aryl methyl sites for hydroxylation is 1. The van der Waals surface area contributed by atoms with Gasteiger partial charge in [0.15, 0.2) is 11.5 Å². The van der Waals surface area contributed by atoms with Crippen LogP contribution in [0, 0.1) is 6.92 Å². The molecule has 8 heteroatoms. The van der Waals surface area contributed by atoms with Crippen LogP contribution in [0.25, 0.3) is 11.4 Å². The molecule has 0 bridgehead atoms. The first-order chi connectivity index (χ1) is 14.5. The first-order valence-corrected chi connectivity index (χ1v) is 9.55. The molecule has 0 aliphatic carbocycles. The third kappa shape index (κ3) is 3.45. The second kappa shape index (κ2) is 8.06. The minimum Gasteiger partial charge on any atom is -0.493 e. The van der Waals surface area contributed by atoms with E-state index in [1.165, 1.54) is 0 Å². The standard InChI is InChI=1S/C22H23N3O5/c1-13-7-5-6-8-16(13)21-23-22(30-24-21)14-9-19(26)25(12-14)15-10-17(27-2)20(29-4)18(11-15)28-3/h5-8,10-11,14H,9,12H2,1-4H3. The Hall–Kier alpha value is -3.55. The molecule has 8 nitrogen and oxygen atoms in total. The van der Waals surface area contributed by atoms with Crippen molar-refractivity contribution in [1.29, 1.82) is 0 Å². The summed E-state index contributed by atoms with van der Waals surface area (Å²) in [6.45, 7) is 2.42. The zero-order valence-electron chi connectivity index (χ0n) is 17.3. The molecule has 1 amide bonds. The molecule has 0 radical (unpaired) electrons. The Balaban J connectivity index is 1.61. The minimum atomic E-state index is -0.193. The van der Waals surface area contributed by atoms with Crippen molar-refractivity contribution in [3.05, 3.63) is 47.9 Å². The van der Waals surface area contributed by atoms with Crippen molar-refractivity contribution in [2.24, 2.45) is 0 Å². The number of nitrogens with zero attached hydrogens (tertiary/aromatic N) is 3. The van der Waals surface area contributed by atoms with Crippen LogP contribution in [0.2, 0.25) is 0 Å². The van der Waals surface area contributed by atoms with Gasteiger partial charge in [0.1, 0.15) is 0 Å². The van der Waals surface area contributed by atoms with E-state index in [1.807, 2.05) is 31.2 Å². The quantitative estimate of drug-likeness (QED) is 0.615. The smallest absolute Gasteiger partial charge is 0.232 e. The van der Waals surface area contributed by atoms with E-state index in [-0.39, 0.29) is 18.2 Å². The summed E-state index contributed by atoms with van der Waals surface area (Å²) in [5.41, 5.74) is 2.64. The second-order valence-corrected chi connectivity index (χ2v) is 7.06. The maximum atomic E-state index is 12.8. The van der Waals surface area contributed by atoms with Crippen molar-refractivity contribution >= 4 is 11.6 Å².